The zero-order valence-corrected chi connectivity index (χ0v) is 30.0. The van der Waals surface area contributed by atoms with Gasteiger partial charge in [-0.2, -0.15) is 5.26 Å². The molecule has 0 fully saturated rings. The first-order valence-electron chi connectivity index (χ1n) is 18.6. The number of nitriles is 1. The van der Waals surface area contributed by atoms with Crippen LogP contribution in [0, 0.1) is 11.3 Å². The molecule has 0 spiro atoms. The number of benzene rings is 9. The van der Waals surface area contributed by atoms with Crippen molar-refractivity contribution >= 4 is 16.5 Å². The number of fused-ring (bicyclic) bond motifs is 3. The van der Waals surface area contributed by atoms with Crippen molar-refractivity contribution in [2.45, 2.75) is 0 Å². The average Bonchev–Trinajstić information content (AvgIpc) is 3.59. The predicted octanol–water partition coefficient (Wildman–Crippen LogP) is 13.9. The highest BCUT2D eigenvalue weighted by Gasteiger charge is 2.30. The molecule has 0 amide bonds. The van der Waals surface area contributed by atoms with Crippen LogP contribution in [-0.4, -0.2) is 0 Å². The molecule has 9 aromatic carbocycles. The molecule has 0 heterocycles. The van der Waals surface area contributed by atoms with Gasteiger partial charge < -0.3 is 5.73 Å². The van der Waals surface area contributed by atoms with Crippen LogP contribution in [0.4, 0.5) is 5.69 Å². The summed E-state index contributed by atoms with van der Waals surface area (Å²) >= 11 is 0. The molecule has 0 saturated heterocycles. The lowest BCUT2D eigenvalue weighted by atomic mass is 9.81. The van der Waals surface area contributed by atoms with Crippen molar-refractivity contribution in [3.8, 4) is 95.1 Å². The van der Waals surface area contributed by atoms with E-state index in [1.54, 1.807) is 6.07 Å². The monoisotopic (exact) mass is 698 g/mol. The van der Waals surface area contributed by atoms with E-state index >= 15 is 0 Å². The van der Waals surface area contributed by atoms with E-state index < -0.39 is 0 Å². The van der Waals surface area contributed by atoms with Gasteiger partial charge in [-0.05, 0) is 142 Å². The molecular weight excluding hydrogens is 665 g/mol. The Morgan fingerprint density at radius 3 is 1.40 bits per heavy atom. The number of rotatable bonds is 6. The Morgan fingerprint density at radius 1 is 0.327 bits per heavy atom. The molecule has 2 N–H and O–H groups in total. The summed E-state index contributed by atoms with van der Waals surface area (Å²) in [5, 5.41) is 12.3. The molecule has 2 heteroatoms. The standard InChI is InChI=1S/C53H34N2/c54-33-34-26-44(31-45(55)27-34)40-20-8-21-41(29-40)48-32-49(42-22-7-18-38(28-42)35-12-3-1-4-13-35)52-46-24-10-16-37-17-11-25-47(50(37)46)53(52)51(48)43-23-9-19-39(30-43)36-14-5-2-6-15-36/h1-32H,55H2. The number of nitrogens with zero attached hydrogens (tertiary/aromatic N) is 1. The fourth-order valence-electron chi connectivity index (χ4n) is 8.48. The summed E-state index contributed by atoms with van der Waals surface area (Å²) in [5.41, 5.74) is 26.0. The molecule has 0 aromatic heterocycles. The van der Waals surface area contributed by atoms with Crippen molar-refractivity contribution in [2.75, 3.05) is 5.73 Å². The van der Waals surface area contributed by atoms with Crippen LogP contribution in [0.3, 0.4) is 0 Å². The third kappa shape index (κ3) is 5.59. The smallest absolute Gasteiger partial charge is 0.0992 e. The summed E-state index contributed by atoms with van der Waals surface area (Å²) in [6, 6.07) is 71.5. The summed E-state index contributed by atoms with van der Waals surface area (Å²) in [5.74, 6) is 0. The fraction of sp³-hybridized carbons (Fsp3) is 0. The van der Waals surface area contributed by atoms with Crippen LogP contribution >= 0.6 is 0 Å². The lowest BCUT2D eigenvalue weighted by molar-refractivity contribution is 1.48. The zero-order chi connectivity index (χ0) is 36.9. The Hall–Kier alpha value is -7.47. The van der Waals surface area contributed by atoms with E-state index in [1.807, 2.05) is 12.1 Å². The van der Waals surface area contributed by atoms with Gasteiger partial charge in [0.15, 0.2) is 0 Å². The third-order valence-electron chi connectivity index (χ3n) is 10.9. The van der Waals surface area contributed by atoms with Crippen LogP contribution in [0.15, 0.2) is 194 Å². The lowest BCUT2D eigenvalue weighted by Gasteiger charge is -2.22. The van der Waals surface area contributed by atoms with Crippen LogP contribution in [0.5, 0.6) is 0 Å². The van der Waals surface area contributed by atoms with Gasteiger partial charge in [-0.3, -0.25) is 0 Å². The molecule has 9 aromatic rings. The molecule has 0 saturated carbocycles. The highest BCUT2D eigenvalue weighted by Crippen LogP contribution is 2.57. The minimum absolute atomic E-state index is 0.544. The van der Waals surface area contributed by atoms with Crippen LogP contribution in [-0.2, 0) is 0 Å². The number of hydrogen-bond acceptors (Lipinski definition) is 2. The molecule has 10 rings (SSSR count). The van der Waals surface area contributed by atoms with Crippen molar-refractivity contribution in [1.82, 2.24) is 0 Å². The van der Waals surface area contributed by atoms with Crippen molar-refractivity contribution in [3.63, 3.8) is 0 Å². The second-order valence-corrected chi connectivity index (χ2v) is 14.2. The van der Waals surface area contributed by atoms with Crippen molar-refractivity contribution in [2.24, 2.45) is 0 Å². The molecule has 55 heavy (non-hydrogen) atoms. The van der Waals surface area contributed by atoms with Crippen LogP contribution in [0.25, 0.3) is 99.8 Å². The van der Waals surface area contributed by atoms with Gasteiger partial charge >= 0.3 is 0 Å². The molecule has 0 radical (unpaired) electrons. The Kier molecular flexibility index (Phi) is 7.72. The van der Waals surface area contributed by atoms with Gasteiger partial charge in [0.25, 0.3) is 0 Å². The number of hydrogen-bond donors (Lipinski definition) is 1. The Labute approximate surface area is 321 Å². The summed E-state index contributed by atoms with van der Waals surface area (Å²) in [6.45, 7) is 0. The van der Waals surface area contributed by atoms with Gasteiger partial charge in [0, 0.05) is 5.69 Å². The maximum atomic E-state index is 9.78. The molecule has 0 atom stereocenters. The molecule has 256 valence electrons. The SMILES string of the molecule is N#Cc1cc(N)cc(-c2cccc(-c3cc(-c4cccc(-c5ccccc5)c4)c4c(c3-c3cccc(-c5ccccc5)c3)-c3cccc5cccc-4c35)c2)c1. The van der Waals surface area contributed by atoms with E-state index in [4.69, 9.17) is 5.73 Å². The normalized spacial score (nSPS) is 11.3. The number of anilines is 1. The number of nitrogens with two attached hydrogens (primary N) is 1. The molecule has 1 aliphatic rings. The summed E-state index contributed by atoms with van der Waals surface area (Å²) < 4.78 is 0. The van der Waals surface area contributed by atoms with Crippen LogP contribution in [0.1, 0.15) is 5.56 Å². The molecule has 0 aliphatic heterocycles. The van der Waals surface area contributed by atoms with Crippen molar-refractivity contribution in [1.29, 1.82) is 5.26 Å². The van der Waals surface area contributed by atoms with Gasteiger partial charge in [0.05, 0.1) is 11.6 Å². The summed E-state index contributed by atoms with van der Waals surface area (Å²) in [7, 11) is 0. The average molecular weight is 699 g/mol. The van der Waals surface area contributed by atoms with Gasteiger partial charge in [0.1, 0.15) is 0 Å². The first-order valence-corrected chi connectivity index (χ1v) is 18.6. The van der Waals surface area contributed by atoms with Crippen molar-refractivity contribution < 1.29 is 0 Å². The predicted molar refractivity (Wildman–Crippen MR) is 230 cm³/mol. The van der Waals surface area contributed by atoms with E-state index in [1.165, 1.54) is 72.0 Å². The molecule has 0 bridgehead atoms. The maximum absolute atomic E-state index is 9.78. The highest BCUT2D eigenvalue weighted by atomic mass is 14.5. The minimum atomic E-state index is 0.544. The van der Waals surface area contributed by atoms with Crippen molar-refractivity contribution in [3.05, 3.63) is 200 Å². The van der Waals surface area contributed by atoms with Gasteiger partial charge in [-0.15, -0.1) is 0 Å². The van der Waals surface area contributed by atoms with E-state index in [0.29, 0.717) is 11.3 Å². The molecule has 1 aliphatic carbocycles. The lowest BCUT2D eigenvalue weighted by Crippen LogP contribution is -1.95. The first kappa shape index (κ1) is 32.2. The van der Waals surface area contributed by atoms with Gasteiger partial charge in [-0.1, -0.05) is 152 Å². The summed E-state index contributed by atoms with van der Waals surface area (Å²) in [4.78, 5) is 0. The van der Waals surface area contributed by atoms with E-state index in [2.05, 4.69) is 182 Å². The van der Waals surface area contributed by atoms with E-state index in [9.17, 15) is 5.26 Å². The quantitative estimate of drug-likeness (QED) is 0.176. The first-order chi connectivity index (χ1) is 27.1. The molecular formula is C53H34N2. The van der Waals surface area contributed by atoms with E-state index in [0.717, 1.165) is 27.8 Å². The van der Waals surface area contributed by atoms with Crippen LogP contribution in [0.2, 0.25) is 0 Å². The number of nitrogen functional groups attached to an aromatic ring is 1. The van der Waals surface area contributed by atoms with Gasteiger partial charge in [-0.25, -0.2) is 0 Å². The zero-order valence-electron chi connectivity index (χ0n) is 30.0. The Bertz CT molecular complexity index is 2980. The second-order valence-electron chi connectivity index (χ2n) is 14.2. The molecule has 2 nitrogen and oxygen atoms in total. The third-order valence-corrected chi connectivity index (χ3v) is 10.9. The van der Waals surface area contributed by atoms with E-state index in [-0.39, 0.29) is 0 Å². The Balaban J connectivity index is 1.31. The topological polar surface area (TPSA) is 49.8 Å². The molecule has 0 unspecified atom stereocenters. The summed E-state index contributed by atoms with van der Waals surface area (Å²) in [6.07, 6.45) is 0. The second kappa shape index (κ2) is 13.2. The maximum Gasteiger partial charge on any atom is 0.0992 e. The largest absolute Gasteiger partial charge is 0.399 e. The van der Waals surface area contributed by atoms with Gasteiger partial charge in [0.2, 0.25) is 0 Å². The highest BCUT2D eigenvalue weighted by molar-refractivity contribution is 6.23. The minimum Gasteiger partial charge on any atom is -0.399 e. The Morgan fingerprint density at radius 2 is 0.800 bits per heavy atom. The fourth-order valence-corrected chi connectivity index (χ4v) is 8.48. The van der Waals surface area contributed by atoms with Crippen LogP contribution < -0.4 is 5.73 Å².